The predicted octanol–water partition coefficient (Wildman–Crippen LogP) is 4.25. The van der Waals surface area contributed by atoms with Crippen molar-refractivity contribution in [2.45, 2.75) is 12.6 Å². The molecule has 2 heterocycles. The molecule has 1 unspecified atom stereocenters. The Bertz CT molecular complexity index is 1340. The van der Waals surface area contributed by atoms with Gasteiger partial charge in [-0.25, -0.2) is 0 Å². The van der Waals surface area contributed by atoms with Crippen LogP contribution in [-0.4, -0.2) is 23.0 Å². The van der Waals surface area contributed by atoms with E-state index >= 15 is 0 Å². The Balaban J connectivity index is 1.67. The molecule has 5 rings (SSSR count). The molecule has 0 saturated heterocycles. The number of hydrogen-bond acceptors (Lipinski definition) is 5. The van der Waals surface area contributed by atoms with Crippen LogP contribution in [0, 0.1) is 0 Å². The monoisotopic (exact) mass is 413 g/mol. The zero-order valence-corrected chi connectivity index (χ0v) is 16.7. The summed E-state index contributed by atoms with van der Waals surface area (Å²) >= 11 is 0. The van der Waals surface area contributed by atoms with Crippen molar-refractivity contribution in [3.05, 3.63) is 105 Å². The standard InChI is InChI=1S/C25H19NO5/c1-30-18-12-6-15(7-13-18)14-26-22(16-8-10-17(27)11-9-16)21-23(28)19-4-2-3-5-20(19)31-24(21)25(26)29/h2-13,22,27H,14H2,1H3. The Morgan fingerprint density at radius 3 is 2.39 bits per heavy atom. The summed E-state index contributed by atoms with van der Waals surface area (Å²) in [5.74, 6) is 0.556. The zero-order valence-electron chi connectivity index (χ0n) is 16.7. The van der Waals surface area contributed by atoms with E-state index in [0.717, 1.165) is 16.9 Å². The summed E-state index contributed by atoms with van der Waals surface area (Å²) in [6.07, 6.45) is 0. The number of aromatic hydroxyl groups is 1. The number of amides is 1. The Hall–Kier alpha value is -4.06. The molecule has 0 bridgehead atoms. The number of para-hydroxylation sites is 1. The highest BCUT2D eigenvalue weighted by Gasteiger charge is 2.42. The number of phenols is 1. The third-order valence-electron chi connectivity index (χ3n) is 5.59. The third kappa shape index (κ3) is 3.13. The summed E-state index contributed by atoms with van der Waals surface area (Å²) in [5.41, 5.74) is 2.10. The van der Waals surface area contributed by atoms with Gasteiger partial charge in [-0.3, -0.25) is 9.59 Å². The first-order valence-electron chi connectivity index (χ1n) is 9.85. The fourth-order valence-corrected chi connectivity index (χ4v) is 4.06. The number of ether oxygens (including phenoxy) is 1. The third-order valence-corrected chi connectivity index (χ3v) is 5.59. The zero-order chi connectivity index (χ0) is 21.5. The maximum absolute atomic E-state index is 13.4. The van der Waals surface area contributed by atoms with Crippen molar-refractivity contribution in [2.75, 3.05) is 7.11 Å². The van der Waals surface area contributed by atoms with Crippen LogP contribution >= 0.6 is 0 Å². The van der Waals surface area contributed by atoms with Crippen molar-refractivity contribution in [1.82, 2.24) is 4.90 Å². The first kappa shape index (κ1) is 18.9. The molecule has 0 radical (unpaired) electrons. The molecule has 1 aromatic heterocycles. The van der Waals surface area contributed by atoms with Gasteiger partial charge in [0.1, 0.15) is 17.1 Å². The van der Waals surface area contributed by atoms with Gasteiger partial charge >= 0.3 is 0 Å². The molecule has 1 atom stereocenters. The van der Waals surface area contributed by atoms with E-state index in [1.807, 2.05) is 24.3 Å². The molecular weight excluding hydrogens is 394 g/mol. The van der Waals surface area contributed by atoms with E-state index in [4.69, 9.17) is 9.15 Å². The van der Waals surface area contributed by atoms with E-state index in [1.165, 1.54) is 0 Å². The summed E-state index contributed by atoms with van der Waals surface area (Å²) in [6, 6.07) is 20.3. The first-order chi connectivity index (χ1) is 15.1. The predicted molar refractivity (Wildman–Crippen MR) is 115 cm³/mol. The van der Waals surface area contributed by atoms with Crippen LogP contribution in [0.5, 0.6) is 11.5 Å². The Labute approximate surface area is 177 Å². The molecule has 0 aliphatic carbocycles. The van der Waals surface area contributed by atoms with Crippen molar-refractivity contribution >= 4 is 16.9 Å². The van der Waals surface area contributed by atoms with Crippen molar-refractivity contribution in [3.63, 3.8) is 0 Å². The molecule has 1 aliphatic heterocycles. The van der Waals surface area contributed by atoms with Crippen LogP contribution in [0.2, 0.25) is 0 Å². The number of carbonyl (C=O) groups excluding carboxylic acids is 1. The lowest BCUT2D eigenvalue weighted by Gasteiger charge is -2.25. The number of rotatable bonds is 4. The molecule has 0 saturated carbocycles. The Kier molecular flexibility index (Phi) is 4.47. The van der Waals surface area contributed by atoms with Crippen LogP contribution in [0.15, 0.2) is 82.0 Å². The second kappa shape index (κ2) is 7.32. The minimum absolute atomic E-state index is 0.0651. The van der Waals surface area contributed by atoms with Crippen LogP contribution in [0.25, 0.3) is 11.0 Å². The highest BCUT2D eigenvalue weighted by atomic mass is 16.5. The van der Waals surface area contributed by atoms with Crippen molar-refractivity contribution < 1.29 is 19.1 Å². The van der Waals surface area contributed by atoms with E-state index in [9.17, 15) is 14.7 Å². The van der Waals surface area contributed by atoms with Gasteiger partial charge in [0.2, 0.25) is 5.76 Å². The average Bonchev–Trinajstić information content (AvgIpc) is 3.07. The van der Waals surface area contributed by atoms with Crippen molar-refractivity contribution in [2.24, 2.45) is 0 Å². The first-order valence-corrected chi connectivity index (χ1v) is 9.85. The summed E-state index contributed by atoms with van der Waals surface area (Å²) in [5, 5.41) is 10.2. The summed E-state index contributed by atoms with van der Waals surface area (Å²) in [4.78, 5) is 28.4. The lowest BCUT2D eigenvalue weighted by molar-refractivity contribution is 0.0714. The van der Waals surface area contributed by atoms with Crippen LogP contribution in [0.1, 0.15) is 33.3 Å². The minimum atomic E-state index is -0.619. The number of carbonyl (C=O) groups is 1. The van der Waals surface area contributed by atoms with E-state index in [2.05, 4.69) is 0 Å². The van der Waals surface area contributed by atoms with Gasteiger partial charge in [-0.1, -0.05) is 36.4 Å². The average molecular weight is 413 g/mol. The maximum Gasteiger partial charge on any atom is 0.291 e. The highest BCUT2D eigenvalue weighted by Crippen LogP contribution is 2.39. The number of nitrogens with zero attached hydrogens (tertiary/aromatic N) is 1. The van der Waals surface area contributed by atoms with Gasteiger partial charge in [0.05, 0.1) is 24.1 Å². The van der Waals surface area contributed by atoms with Gasteiger partial charge in [0.15, 0.2) is 5.43 Å². The van der Waals surface area contributed by atoms with Gasteiger partial charge < -0.3 is 19.2 Å². The fourth-order valence-electron chi connectivity index (χ4n) is 4.06. The van der Waals surface area contributed by atoms with Gasteiger partial charge in [0.25, 0.3) is 5.91 Å². The molecule has 3 aromatic carbocycles. The molecule has 1 amide bonds. The molecule has 154 valence electrons. The molecule has 1 N–H and O–H groups in total. The van der Waals surface area contributed by atoms with Crippen molar-refractivity contribution in [3.8, 4) is 11.5 Å². The van der Waals surface area contributed by atoms with Gasteiger partial charge in [-0.05, 0) is 47.5 Å². The topological polar surface area (TPSA) is 80.0 Å². The fraction of sp³-hybridized carbons (Fsp3) is 0.120. The Morgan fingerprint density at radius 1 is 0.968 bits per heavy atom. The number of methoxy groups -OCH3 is 1. The molecule has 1 aliphatic rings. The van der Waals surface area contributed by atoms with Crippen molar-refractivity contribution in [1.29, 1.82) is 0 Å². The quantitative estimate of drug-likeness (QED) is 0.541. The molecule has 31 heavy (non-hydrogen) atoms. The van der Waals surface area contributed by atoms with E-state index in [1.54, 1.807) is 60.5 Å². The maximum atomic E-state index is 13.4. The summed E-state index contributed by atoms with van der Waals surface area (Å²) in [7, 11) is 1.60. The molecular formula is C25H19NO5. The van der Waals surface area contributed by atoms with Gasteiger partial charge in [-0.2, -0.15) is 0 Å². The number of hydrogen-bond donors (Lipinski definition) is 1. The second-order valence-corrected chi connectivity index (χ2v) is 7.45. The molecule has 0 fully saturated rings. The lowest BCUT2D eigenvalue weighted by atomic mass is 9.98. The smallest absolute Gasteiger partial charge is 0.291 e. The minimum Gasteiger partial charge on any atom is -0.508 e. The van der Waals surface area contributed by atoms with E-state index in [0.29, 0.717) is 16.5 Å². The normalized spacial score (nSPS) is 15.3. The SMILES string of the molecule is COc1ccc(CN2C(=O)c3oc4ccccc4c(=O)c3C2c2ccc(O)cc2)cc1. The Morgan fingerprint density at radius 2 is 1.68 bits per heavy atom. The lowest BCUT2D eigenvalue weighted by Crippen LogP contribution is -2.29. The molecule has 4 aromatic rings. The molecule has 0 spiro atoms. The van der Waals surface area contributed by atoms with Crippen LogP contribution in [0.4, 0.5) is 0 Å². The largest absolute Gasteiger partial charge is 0.508 e. The van der Waals surface area contributed by atoms with Crippen LogP contribution in [-0.2, 0) is 6.54 Å². The number of fused-ring (bicyclic) bond motifs is 2. The summed E-state index contributed by atoms with van der Waals surface area (Å²) < 4.78 is 11.1. The second-order valence-electron chi connectivity index (χ2n) is 7.45. The van der Waals surface area contributed by atoms with E-state index < -0.39 is 6.04 Å². The van der Waals surface area contributed by atoms with Crippen LogP contribution < -0.4 is 10.2 Å². The number of phenolic OH excluding ortho intramolecular Hbond substituents is 1. The van der Waals surface area contributed by atoms with Gasteiger partial charge in [-0.15, -0.1) is 0 Å². The highest BCUT2D eigenvalue weighted by molar-refractivity contribution is 5.99. The van der Waals surface area contributed by atoms with Crippen LogP contribution in [0.3, 0.4) is 0 Å². The number of benzene rings is 3. The molecule has 6 nitrogen and oxygen atoms in total. The van der Waals surface area contributed by atoms with E-state index in [-0.39, 0.29) is 29.4 Å². The van der Waals surface area contributed by atoms with Gasteiger partial charge in [0, 0.05) is 6.54 Å². The summed E-state index contributed by atoms with van der Waals surface area (Å²) in [6.45, 7) is 0.286. The molecule has 6 heteroatoms.